The first-order valence-corrected chi connectivity index (χ1v) is 11.3. The minimum Gasteiger partial charge on any atom is -0.493 e. The maximum absolute atomic E-state index is 12.7. The maximum atomic E-state index is 12.7. The zero-order valence-electron chi connectivity index (χ0n) is 18.3. The van der Waals surface area contributed by atoms with Gasteiger partial charge in [-0.2, -0.15) is 10.1 Å². The zero-order valence-corrected chi connectivity index (χ0v) is 19.0. The van der Waals surface area contributed by atoms with Gasteiger partial charge in [0.1, 0.15) is 0 Å². The van der Waals surface area contributed by atoms with Gasteiger partial charge in [-0.05, 0) is 65.8 Å². The number of allylic oxidation sites excluding steroid dienone is 2. The average molecular weight is 477 g/mol. The highest BCUT2D eigenvalue weighted by molar-refractivity contribution is 6.30. The number of imide groups is 1. The third kappa shape index (κ3) is 4.03. The van der Waals surface area contributed by atoms with E-state index >= 15 is 0 Å². The van der Waals surface area contributed by atoms with E-state index in [0.29, 0.717) is 16.3 Å². The number of methoxy groups -OCH3 is 1. The number of nitrogens with zero attached hydrogens (tertiary/aromatic N) is 2. The van der Waals surface area contributed by atoms with Gasteiger partial charge in [-0.1, -0.05) is 35.9 Å². The SMILES string of the molecule is COc1cc(C=NN2C(=O)[C@@H]3[C@H](C2=O)[C@H]2C=C[C@H]3C2)ccc1OC(=O)/C=C/c1ccc(Cl)cc1. The van der Waals surface area contributed by atoms with Crippen LogP contribution in [-0.2, 0) is 14.4 Å². The van der Waals surface area contributed by atoms with Gasteiger partial charge in [0.05, 0.1) is 25.2 Å². The first-order valence-electron chi connectivity index (χ1n) is 10.9. The minimum absolute atomic E-state index is 0.134. The fourth-order valence-corrected chi connectivity index (χ4v) is 4.98. The first-order chi connectivity index (χ1) is 16.4. The largest absolute Gasteiger partial charge is 0.493 e. The molecule has 0 spiro atoms. The van der Waals surface area contributed by atoms with Crippen molar-refractivity contribution in [3.8, 4) is 11.5 Å². The van der Waals surface area contributed by atoms with Crippen LogP contribution in [0, 0.1) is 23.7 Å². The van der Waals surface area contributed by atoms with Crippen molar-refractivity contribution in [2.24, 2.45) is 28.8 Å². The standard InChI is InChI=1S/C26H21ClN2O5/c1-33-21-12-16(4-10-20(21)34-22(30)11-5-15-2-8-19(27)9-3-15)14-28-29-25(31)23-17-6-7-18(13-17)24(23)26(29)32/h2-12,14,17-18,23-24H,13H2,1H3/b11-5+,28-14?/t17-,18-,23-,24+/m0/s1. The zero-order chi connectivity index (χ0) is 23.8. The lowest BCUT2D eigenvalue weighted by Gasteiger charge is -2.13. The summed E-state index contributed by atoms with van der Waals surface area (Å²) in [4.78, 5) is 37.7. The summed E-state index contributed by atoms with van der Waals surface area (Å²) in [6, 6.07) is 11.9. The molecule has 1 aliphatic heterocycles. The fourth-order valence-electron chi connectivity index (χ4n) is 4.85. The molecule has 0 aromatic heterocycles. The van der Waals surface area contributed by atoms with Gasteiger partial charge in [-0.25, -0.2) is 4.79 Å². The van der Waals surface area contributed by atoms with Crippen molar-refractivity contribution in [3.05, 3.63) is 76.8 Å². The monoisotopic (exact) mass is 476 g/mol. The summed E-state index contributed by atoms with van der Waals surface area (Å²) in [6.45, 7) is 0. The molecule has 34 heavy (non-hydrogen) atoms. The lowest BCUT2D eigenvalue weighted by molar-refractivity contribution is -0.140. The van der Waals surface area contributed by atoms with Gasteiger partial charge >= 0.3 is 5.97 Å². The molecule has 2 aliphatic carbocycles. The summed E-state index contributed by atoms with van der Waals surface area (Å²) in [7, 11) is 1.45. The van der Waals surface area contributed by atoms with Crippen molar-refractivity contribution >= 4 is 41.7 Å². The van der Waals surface area contributed by atoms with Gasteiger partial charge < -0.3 is 9.47 Å². The third-order valence-corrected chi connectivity index (χ3v) is 6.70. The lowest BCUT2D eigenvalue weighted by Crippen LogP contribution is -2.28. The molecule has 4 atom stereocenters. The Balaban J connectivity index is 1.26. The number of hydrogen-bond donors (Lipinski definition) is 0. The molecule has 0 N–H and O–H groups in total. The van der Waals surface area contributed by atoms with Crippen LogP contribution in [0.25, 0.3) is 6.08 Å². The summed E-state index contributed by atoms with van der Waals surface area (Å²) < 4.78 is 10.7. The second-order valence-electron chi connectivity index (χ2n) is 8.45. The molecule has 2 bridgehead atoms. The molecule has 172 valence electrons. The van der Waals surface area contributed by atoms with Gasteiger partial charge in [0.2, 0.25) is 0 Å². The lowest BCUT2D eigenvalue weighted by atomic mass is 9.85. The van der Waals surface area contributed by atoms with Crippen LogP contribution in [0.5, 0.6) is 11.5 Å². The summed E-state index contributed by atoms with van der Waals surface area (Å²) in [5, 5.41) is 5.77. The van der Waals surface area contributed by atoms with E-state index in [1.54, 1.807) is 48.5 Å². The number of benzene rings is 2. The predicted molar refractivity (Wildman–Crippen MR) is 126 cm³/mol. The van der Waals surface area contributed by atoms with Crippen LogP contribution in [0.3, 0.4) is 0 Å². The molecule has 1 heterocycles. The Bertz CT molecular complexity index is 1220. The summed E-state index contributed by atoms with van der Waals surface area (Å²) >= 11 is 5.86. The Labute approximate surface area is 201 Å². The second-order valence-corrected chi connectivity index (χ2v) is 8.89. The topological polar surface area (TPSA) is 85.3 Å². The van der Waals surface area contributed by atoms with E-state index in [9.17, 15) is 14.4 Å². The van der Waals surface area contributed by atoms with Crippen molar-refractivity contribution in [2.45, 2.75) is 6.42 Å². The minimum atomic E-state index is -0.572. The van der Waals surface area contributed by atoms with Gasteiger partial charge in [-0.3, -0.25) is 9.59 Å². The number of esters is 1. The molecule has 2 amide bonds. The van der Waals surface area contributed by atoms with E-state index in [2.05, 4.69) is 5.10 Å². The van der Waals surface area contributed by atoms with E-state index in [1.807, 2.05) is 12.2 Å². The van der Waals surface area contributed by atoms with Crippen LogP contribution < -0.4 is 9.47 Å². The van der Waals surface area contributed by atoms with Crippen molar-refractivity contribution in [1.82, 2.24) is 5.01 Å². The van der Waals surface area contributed by atoms with Gasteiger partial charge in [0.25, 0.3) is 11.8 Å². The van der Waals surface area contributed by atoms with E-state index < -0.39 is 5.97 Å². The summed E-state index contributed by atoms with van der Waals surface area (Å²) in [5.41, 5.74) is 1.39. The fraction of sp³-hybridized carbons (Fsp3) is 0.231. The van der Waals surface area contributed by atoms with E-state index in [0.717, 1.165) is 17.0 Å². The molecular formula is C26H21ClN2O5. The number of carbonyl (C=O) groups excluding carboxylic acids is 3. The number of rotatable bonds is 6. The van der Waals surface area contributed by atoms with Crippen LogP contribution in [0.4, 0.5) is 0 Å². The molecule has 1 saturated carbocycles. The Kier molecular flexibility index (Phi) is 5.79. The van der Waals surface area contributed by atoms with Crippen molar-refractivity contribution in [3.63, 3.8) is 0 Å². The molecule has 5 rings (SSSR count). The average Bonchev–Trinajstić information content (AvgIpc) is 3.52. The molecule has 1 saturated heterocycles. The summed E-state index contributed by atoms with van der Waals surface area (Å²) in [6.07, 6.45) is 9.31. The van der Waals surface area contributed by atoms with Crippen LogP contribution in [0.15, 0.2) is 65.8 Å². The van der Waals surface area contributed by atoms with Crippen LogP contribution in [-0.4, -0.2) is 36.1 Å². The first kappa shape index (κ1) is 22.1. The van der Waals surface area contributed by atoms with Gasteiger partial charge in [0, 0.05) is 11.1 Å². The molecule has 0 unspecified atom stereocenters. The number of hydrazone groups is 1. The quantitative estimate of drug-likeness (QED) is 0.156. The molecule has 7 nitrogen and oxygen atoms in total. The highest BCUT2D eigenvalue weighted by Gasteiger charge is 2.59. The highest BCUT2D eigenvalue weighted by atomic mass is 35.5. The third-order valence-electron chi connectivity index (χ3n) is 6.45. The normalized spacial score (nSPS) is 25.1. The predicted octanol–water partition coefficient (Wildman–Crippen LogP) is 4.11. The summed E-state index contributed by atoms with van der Waals surface area (Å²) in [5.74, 6) is -0.831. The molecule has 2 aromatic carbocycles. The molecule has 0 radical (unpaired) electrons. The second kappa shape index (κ2) is 8.91. The Hall–Kier alpha value is -3.71. The maximum Gasteiger partial charge on any atom is 0.336 e. The highest BCUT2D eigenvalue weighted by Crippen LogP contribution is 2.52. The molecular weight excluding hydrogens is 456 g/mol. The van der Waals surface area contributed by atoms with Crippen LogP contribution >= 0.6 is 11.6 Å². The van der Waals surface area contributed by atoms with Gasteiger partial charge in [-0.15, -0.1) is 0 Å². The number of amides is 2. The molecule has 2 fully saturated rings. The molecule has 3 aliphatic rings. The smallest absolute Gasteiger partial charge is 0.336 e. The van der Waals surface area contributed by atoms with Crippen molar-refractivity contribution < 1.29 is 23.9 Å². The van der Waals surface area contributed by atoms with Crippen LogP contribution in [0.1, 0.15) is 17.5 Å². The van der Waals surface area contributed by atoms with E-state index in [1.165, 1.54) is 19.4 Å². The van der Waals surface area contributed by atoms with Crippen LogP contribution in [0.2, 0.25) is 5.02 Å². The number of carbonyl (C=O) groups is 3. The number of ether oxygens (including phenoxy) is 2. The van der Waals surface area contributed by atoms with Crippen molar-refractivity contribution in [1.29, 1.82) is 0 Å². The number of fused-ring (bicyclic) bond motifs is 5. The molecule has 2 aromatic rings. The number of halogens is 1. The van der Waals surface area contributed by atoms with Crippen molar-refractivity contribution in [2.75, 3.05) is 7.11 Å². The Morgan fingerprint density at radius 1 is 1.00 bits per heavy atom. The Morgan fingerprint density at radius 2 is 1.65 bits per heavy atom. The van der Waals surface area contributed by atoms with Gasteiger partial charge in [0.15, 0.2) is 11.5 Å². The molecule has 8 heteroatoms. The van der Waals surface area contributed by atoms with E-state index in [-0.39, 0.29) is 41.2 Å². The Morgan fingerprint density at radius 3 is 2.29 bits per heavy atom. The van der Waals surface area contributed by atoms with E-state index in [4.69, 9.17) is 21.1 Å². The number of hydrogen-bond acceptors (Lipinski definition) is 6.